The Labute approximate surface area is 92.6 Å². The van der Waals surface area contributed by atoms with E-state index in [9.17, 15) is 4.79 Å². The molecule has 0 amide bonds. The summed E-state index contributed by atoms with van der Waals surface area (Å²) in [6.45, 7) is 2.59. The normalized spacial score (nSPS) is 15.3. The summed E-state index contributed by atoms with van der Waals surface area (Å²) in [4.78, 5) is 18.1. The highest BCUT2D eigenvalue weighted by molar-refractivity contribution is 7.15. The summed E-state index contributed by atoms with van der Waals surface area (Å²) < 4.78 is 0. The van der Waals surface area contributed by atoms with Gasteiger partial charge in [0.1, 0.15) is 0 Å². The number of hydrogen-bond acceptors (Lipinski definition) is 4. The van der Waals surface area contributed by atoms with Gasteiger partial charge in [0.25, 0.3) is 0 Å². The number of carboxylic acid groups (broad SMARTS) is 1. The largest absolute Gasteiger partial charge is 0.481 e. The number of carboxylic acids is 1. The Morgan fingerprint density at radius 1 is 1.73 bits per heavy atom. The smallest absolute Gasteiger partial charge is 0.305 e. The number of nitrogens with zero attached hydrogens (tertiary/aromatic N) is 2. The molecule has 4 nitrogen and oxygen atoms in total. The van der Waals surface area contributed by atoms with E-state index in [0.717, 1.165) is 18.0 Å². The Morgan fingerprint density at radius 2 is 2.47 bits per heavy atom. The number of aromatic nitrogens is 1. The Bertz CT molecular complexity index is 360. The highest BCUT2D eigenvalue weighted by Gasteiger charge is 2.30. The first-order chi connectivity index (χ1) is 7.16. The summed E-state index contributed by atoms with van der Waals surface area (Å²) >= 11 is 1.64. The van der Waals surface area contributed by atoms with Crippen LogP contribution in [0.15, 0.2) is 6.20 Å². The van der Waals surface area contributed by atoms with Gasteiger partial charge in [-0.25, -0.2) is 4.98 Å². The van der Waals surface area contributed by atoms with E-state index in [4.69, 9.17) is 5.11 Å². The zero-order valence-electron chi connectivity index (χ0n) is 8.64. The summed E-state index contributed by atoms with van der Waals surface area (Å²) in [5.74, 6) is -0.742. The fourth-order valence-electron chi connectivity index (χ4n) is 1.51. The molecule has 0 saturated heterocycles. The highest BCUT2D eigenvalue weighted by Crippen LogP contribution is 2.33. The molecular weight excluding hydrogens is 212 g/mol. The van der Waals surface area contributed by atoms with Crippen LogP contribution in [0, 0.1) is 6.92 Å². The Balaban J connectivity index is 2.02. The maximum absolute atomic E-state index is 10.5. The molecule has 1 aromatic heterocycles. The molecule has 1 saturated carbocycles. The maximum atomic E-state index is 10.5. The lowest BCUT2D eigenvalue weighted by molar-refractivity contribution is -0.136. The monoisotopic (exact) mass is 226 g/mol. The molecule has 5 heteroatoms. The van der Waals surface area contributed by atoms with Crippen LogP contribution in [-0.2, 0) is 4.79 Å². The van der Waals surface area contributed by atoms with Crippen molar-refractivity contribution in [1.29, 1.82) is 0 Å². The predicted octanol–water partition coefficient (Wildman–Crippen LogP) is 1.90. The van der Waals surface area contributed by atoms with Gasteiger partial charge in [0.2, 0.25) is 0 Å². The lowest BCUT2D eigenvalue weighted by Crippen LogP contribution is -2.28. The molecule has 0 radical (unpaired) electrons. The highest BCUT2D eigenvalue weighted by atomic mass is 32.1. The van der Waals surface area contributed by atoms with Crippen LogP contribution < -0.4 is 4.90 Å². The second-order valence-electron chi connectivity index (χ2n) is 3.82. The molecule has 0 aromatic carbocycles. The molecule has 1 heterocycles. The molecule has 82 valence electrons. The Kier molecular flexibility index (Phi) is 2.90. The van der Waals surface area contributed by atoms with Gasteiger partial charge >= 0.3 is 5.97 Å². The van der Waals surface area contributed by atoms with Crippen molar-refractivity contribution < 1.29 is 9.90 Å². The summed E-state index contributed by atoms with van der Waals surface area (Å²) in [7, 11) is 0. The van der Waals surface area contributed by atoms with Crippen LogP contribution in [0.4, 0.5) is 5.13 Å². The predicted molar refractivity (Wildman–Crippen MR) is 59.5 cm³/mol. The van der Waals surface area contributed by atoms with E-state index in [-0.39, 0.29) is 6.42 Å². The van der Waals surface area contributed by atoms with Crippen molar-refractivity contribution in [2.75, 3.05) is 11.4 Å². The quantitative estimate of drug-likeness (QED) is 0.833. The van der Waals surface area contributed by atoms with Gasteiger partial charge in [-0.1, -0.05) is 0 Å². The van der Waals surface area contributed by atoms with E-state index >= 15 is 0 Å². The average Bonchev–Trinajstić information content (AvgIpc) is 2.90. The lowest BCUT2D eigenvalue weighted by atomic mass is 10.4. The minimum absolute atomic E-state index is 0.190. The van der Waals surface area contributed by atoms with E-state index in [1.54, 1.807) is 11.3 Å². The topological polar surface area (TPSA) is 53.4 Å². The molecule has 1 aromatic rings. The summed E-state index contributed by atoms with van der Waals surface area (Å²) in [6.07, 6.45) is 4.36. The molecule has 1 aliphatic carbocycles. The third kappa shape index (κ3) is 2.68. The van der Waals surface area contributed by atoms with Crippen LogP contribution in [0.25, 0.3) is 0 Å². The molecular formula is C10H14N2O2S. The van der Waals surface area contributed by atoms with Crippen LogP contribution in [0.3, 0.4) is 0 Å². The average molecular weight is 226 g/mol. The lowest BCUT2D eigenvalue weighted by Gasteiger charge is -2.20. The van der Waals surface area contributed by atoms with Crippen molar-refractivity contribution in [3.8, 4) is 0 Å². The van der Waals surface area contributed by atoms with Gasteiger partial charge in [0.15, 0.2) is 5.13 Å². The van der Waals surface area contributed by atoms with Crippen molar-refractivity contribution >= 4 is 22.4 Å². The fraction of sp³-hybridized carbons (Fsp3) is 0.600. The zero-order valence-corrected chi connectivity index (χ0v) is 9.46. The molecule has 0 bridgehead atoms. The van der Waals surface area contributed by atoms with Crippen molar-refractivity contribution in [2.24, 2.45) is 0 Å². The third-order valence-electron chi connectivity index (χ3n) is 2.41. The number of rotatable bonds is 5. The number of aryl methyl sites for hydroxylation is 1. The number of carbonyl (C=O) groups is 1. The summed E-state index contributed by atoms with van der Waals surface area (Å²) in [5.41, 5.74) is 0. The summed E-state index contributed by atoms with van der Waals surface area (Å²) in [5, 5.41) is 9.64. The Morgan fingerprint density at radius 3 is 2.93 bits per heavy atom. The zero-order chi connectivity index (χ0) is 10.8. The molecule has 1 fully saturated rings. The van der Waals surface area contributed by atoms with E-state index in [0.29, 0.717) is 12.6 Å². The molecule has 0 atom stereocenters. The molecule has 15 heavy (non-hydrogen) atoms. The minimum Gasteiger partial charge on any atom is -0.481 e. The molecule has 1 aliphatic rings. The second kappa shape index (κ2) is 4.18. The van der Waals surface area contributed by atoms with Crippen molar-refractivity contribution in [2.45, 2.75) is 32.2 Å². The maximum Gasteiger partial charge on any atom is 0.305 e. The first kappa shape index (κ1) is 10.4. The van der Waals surface area contributed by atoms with Gasteiger partial charge in [-0.15, -0.1) is 11.3 Å². The van der Waals surface area contributed by atoms with Crippen LogP contribution in [0.2, 0.25) is 0 Å². The Hall–Kier alpha value is -1.10. The van der Waals surface area contributed by atoms with Crippen LogP contribution >= 0.6 is 11.3 Å². The molecule has 0 aliphatic heterocycles. The fourth-order valence-corrected chi connectivity index (χ4v) is 2.37. The molecule has 0 spiro atoms. The SMILES string of the molecule is Cc1cnc(N(CCC(=O)O)C2CC2)s1. The van der Waals surface area contributed by atoms with Gasteiger partial charge in [-0.3, -0.25) is 4.79 Å². The molecule has 0 unspecified atom stereocenters. The van der Waals surface area contributed by atoms with E-state index in [2.05, 4.69) is 9.88 Å². The summed E-state index contributed by atoms with van der Waals surface area (Å²) in [6, 6.07) is 0.523. The van der Waals surface area contributed by atoms with Crippen molar-refractivity contribution in [3.63, 3.8) is 0 Å². The number of thiazole rings is 1. The van der Waals surface area contributed by atoms with Gasteiger partial charge in [-0.05, 0) is 19.8 Å². The van der Waals surface area contributed by atoms with Gasteiger partial charge in [-0.2, -0.15) is 0 Å². The van der Waals surface area contributed by atoms with E-state index < -0.39 is 5.97 Å². The number of hydrogen-bond donors (Lipinski definition) is 1. The van der Waals surface area contributed by atoms with Crippen LogP contribution in [-0.4, -0.2) is 28.6 Å². The van der Waals surface area contributed by atoms with Crippen molar-refractivity contribution in [1.82, 2.24) is 4.98 Å². The van der Waals surface area contributed by atoms with E-state index in [1.165, 1.54) is 4.88 Å². The van der Waals surface area contributed by atoms with Crippen LogP contribution in [0.1, 0.15) is 24.1 Å². The van der Waals surface area contributed by atoms with Gasteiger partial charge in [0.05, 0.1) is 6.42 Å². The number of aliphatic carboxylic acids is 1. The van der Waals surface area contributed by atoms with Gasteiger partial charge in [0, 0.05) is 23.7 Å². The third-order valence-corrected chi connectivity index (χ3v) is 3.36. The first-order valence-electron chi connectivity index (χ1n) is 5.07. The molecule has 2 rings (SSSR count). The van der Waals surface area contributed by atoms with Gasteiger partial charge < -0.3 is 10.0 Å². The first-order valence-corrected chi connectivity index (χ1v) is 5.89. The van der Waals surface area contributed by atoms with E-state index in [1.807, 2.05) is 13.1 Å². The van der Waals surface area contributed by atoms with Crippen LogP contribution in [0.5, 0.6) is 0 Å². The standard InChI is InChI=1S/C10H14N2O2S/c1-7-6-11-10(15-7)12(8-2-3-8)5-4-9(13)14/h6,8H,2-5H2,1H3,(H,13,14). The second-order valence-corrected chi connectivity index (χ2v) is 5.04. The molecule has 1 N–H and O–H groups in total. The van der Waals surface area contributed by atoms with Crippen molar-refractivity contribution in [3.05, 3.63) is 11.1 Å². The minimum atomic E-state index is -0.742. The number of anilines is 1.